The first-order chi connectivity index (χ1) is 8.65. The number of likely N-dealkylation sites (tertiary alicyclic amines) is 1. The molecule has 0 aromatic heterocycles. The van der Waals surface area contributed by atoms with Crippen molar-refractivity contribution in [3.63, 3.8) is 0 Å². The van der Waals surface area contributed by atoms with Crippen molar-refractivity contribution in [2.75, 3.05) is 20.1 Å². The fourth-order valence-corrected chi connectivity index (χ4v) is 1.80. The molecule has 6 heteroatoms. The number of nitro benzene ring substituents is 1. The molecule has 0 bridgehead atoms. The van der Waals surface area contributed by atoms with Gasteiger partial charge in [-0.25, -0.2) is 0 Å². The number of oxime groups is 1. The SMILES string of the molecule is C[NH+]1CCC(=NOc2ccc([N+](=O)[O-])cc2)CC1. The molecule has 18 heavy (non-hydrogen) atoms. The van der Waals surface area contributed by atoms with Gasteiger partial charge in [0.15, 0.2) is 5.75 Å². The van der Waals surface area contributed by atoms with Crippen LogP contribution in [0.3, 0.4) is 0 Å². The maximum Gasteiger partial charge on any atom is 0.269 e. The minimum atomic E-state index is -0.435. The third-order valence-electron chi connectivity index (χ3n) is 3.01. The van der Waals surface area contributed by atoms with E-state index in [0.717, 1.165) is 31.6 Å². The lowest BCUT2D eigenvalue weighted by atomic mass is 10.1. The summed E-state index contributed by atoms with van der Waals surface area (Å²) < 4.78 is 0. The highest BCUT2D eigenvalue weighted by Gasteiger charge is 2.14. The quantitative estimate of drug-likeness (QED) is 0.632. The molecule has 96 valence electrons. The average molecular weight is 250 g/mol. The third kappa shape index (κ3) is 3.27. The van der Waals surface area contributed by atoms with Gasteiger partial charge in [-0.15, -0.1) is 0 Å². The van der Waals surface area contributed by atoms with Gasteiger partial charge in [0, 0.05) is 25.0 Å². The maximum atomic E-state index is 10.5. The van der Waals surface area contributed by atoms with Gasteiger partial charge >= 0.3 is 0 Å². The van der Waals surface area contributed by atoms with Crippen LogP contribution in [0.15, 0.2) is 29.4 Å². The van der Waals surface area contributed by atoms with Crippen LogP contribution in [0.2, 0.25) is 0 Å². The summed E-state index contributed by atoms with van der Waals surface area (Å²) in [5, 5.41) is 14.6. The summed E-state index contributed by atoms with van der Waals surface area (Å²) in [6.07, 6.45) is 1.89. The first-order valence-electron chi connectivity index (χ1n) is 5.93. The number of benzene rings is 1. The van der Waals surface area contributed by atoms with E-state index >= 15 is 0 Å². The molecular formula is C12H16N3O3+. The number of hydrogen-bond donors (Lipinski definition) is 1. The zero-order valence-electron chi connectivity index (χ0n) is 10.3. The Bertz CT molecular complexity index is 446. The molecule has 6 nitrogen and oxygen atoms in total. The molecular weight excluding hydrogens is 234 g/mol. The fourth-order valence-electron chi connectivity index (χ4n) is 1.80. The molecule has 0 unspecified atom stereocenters. The first kappa shape index (κ1) is 12.5. The van der Waals surface area contributed by atoms with Crippen molar-refractivity contribution in [1.29, 1.82) is 0 Å². The number of nitrogens with one attached hydrogen (secondary N) is 1. The van der Waals surface area contributed by atoms with Crippen molar-refractivity contribution in [1.82, 2.24) is 0 Å². The molecule has 0 atom stereocenters. The van der Waals surface area contributed by atoms with E-state index < -0.39 is 4.92 Å². The summed E-state index contributed by atoms with van der Waals surface area (Å²) in [5.74, 6) is 0.527. The van der Waals surface area contributed by atoms with Gasteiger partial charge in [-0.1, -0.05) is 5.16 Å². The minimum Gasteiger partial charge on any atom is -0.357 e. The minimum absolute atomic E-state index is 0.0536. The summed E-state index contributed by atoms with van der Waals surface area (Å²) in [5.41, 5.74) is 1.11. The zero-order chi connectivity index (χ0) is 13.0. The molecule has 1 aliphatic heterocycles. The highest BCUT2D eigenvalue weighted by Crippen LogP contribution is 2.17. The number of quaternary nitrogens is 1. The first-order valence-corrected chi connectivity index (χ1v) is 5.93. The number of piperidine rings is 1. The standard InChI is InChI=1S/C12H15N3O3/c1-14-8-6-10(7-9-14)13-18-12-4-2-11(3-5-12)15(16)17/h2-5H,6-9H2,1H3/p+1. The molecule has 1 aliphatic rings. The third-order valence-corrected chi connectivity index (χ3v) is 3.01. The van der Waals surface area contributed by atoms with Crippen molar-refractivity contribution in [3.8, 4) is 5.75 Å². The Morgan fingerprint density at radius 3 is 2.44 bits per heavy atom. The number of nitrogens with zero attached hydrogens (tertiary/aromatic N) is 2. The van der Waals surface area contributed by atoms with Crippen molar-refractivity contribution >= 4 is 11.4 Å². The Kier molecular flexibility index (Phi) is 3.88. The molecule has 2 rings (SSSR count). The smallest absolute Gasteiger partial charge is 0.269 e. The van der Waals surface area contributed by atoms with Crippen LogP contribution < -0.4 is 9.74 Å². The van der Waals surface area contributed by atoms with Gasteiger partial charge in [0.2, 0.25) is 0 Å². The van der Waals surface area contributed by atoms with Crippen LogP contribution in [0.4, 0.5) is 5.69 Å². The lowest BCUT2D eigenvalue weighted by Crippen LogP contribution is -3.10. The lowest BCUT2D eigenvalue weighted by Gasteiger charge is -2.19. The monoisotopic (exact) mass is 250 g/mol. The van der Waals surface area contributed by atoms with Gasteiger partial charge < -0.3 is 9.74 Å². The normalized spacial score (nSPS) is 19.4. The predicted octanol–water partition coefficient (Wildman–Crippen LogP) is 0.638. The molecule has 0 amide bonds. The Morgan fingerprint density at radius 1 is 1.28 bits per heavy atom. The van der Waals surface area contributed by atoms with Crippen LogP contribution in [0, 0.1) is 10.1 Å². The molecule has 0 radical (unpaired) electrons. The molecule has 1 fully saturated rings. The highest BCUT2D eigenvalue weighted by atomic mass is 16.6. The Hall–Kier alpha value is -1.95. The van der Waals surface area contributed by atoms with Crippen LogP contribution in [0.5, 0.6) is 5.75 Å². The molecule has 0 saturated carbocycles. The van der Waals surface area contributed by atoms with E-state index in [0.29, 0.717) is 5.75 Å². The fraction of sp³-hybridized carbons (Fsp3) is 0.417. The zero-order valence-corrected chi connectivity index (χ0v) is 10.3. The van der Waals surface area contributed by atoms with Crippen LogP contribution >= 0.6 is 0 Å². The molecule has 1 aromatic rings. The largest absolute Gasteiger partial charge is 0.357 e. The molecule has 0 aliphatic carbocycles. The summed E-state index contributed by atoms with van der Waals surface area (Å²) >= 11 is 0. The van der Waals surface area contributed by atoms with E-state index in [2.05, 4.69) is 12.2 Å². The van der Waals surface area contributed by atoms with E-state index in [4.69, 9.17) is 4.84 Å². The Morgan fingerprint density at radius 2 is 1.89 bits per heavy atom. The van der Waals surface area contributed by atoms with Crippen molar-refractivity contribution in [2.24, 2.45) is 5.16 Å². The summed E-state index contributed by atoms with van der Waals surface area (Å²) in [7, 11) is 2.16. The molecule has 1 N–H and O–H groups in total. The molecule has 1 heterocycles. The maximum absolute atomic E-state index is 10.5. The number of nitro groups is 1. The van der Waals surface area contributed by atoms with E-state index in [-0.39, 0.29) is 5.69 Å². The van der Waals surface area contributed by atoms with Crippen molar-refractivity contribution in [2.45, 2.75) is 12.8 Å². The van der Waals surface area contributed by atoms with Gasteiger partial charge in [0.05, 0.1) is 30.8 Å². The summed E-state index contributed by atoms with van der Waals surface area (Å²) in [6.45, 7) is 2.14. The second-order valence-corrected chi connectivity index (χ2v) is 4.46. The van der Waals surface area contributed by atoms with E-state index in [1.807, 2.05) is 0 Å². The predicted molar refractivity (Wildman–Crippen MR) is 67.0 cm³/mol. The van der Waals surface area contributed by atoms with Gasteiger partial charge in [-0.2, -0.15) is 0 Å². The van der Waals surface area contributed by atoms with Gasteiger partial charge in [-0.05, 0) is 12.1 Å². The van der Waals surface area contributed by atoms with Crippen molar-refractivity contribution < 1.29 is 14.7 Å². The number of non-ortho nitro benzene ring substituents is 1. The van der Waals surface area contributed by atoms with Crippen LogP contribution in [0.25, 0.3) is 0 Å². The van der Waals surface area contributed by atoms with Gasteiger partial charge in [0.1, 0.15) is 0 Å². The average Bonchev–Trinajstić information content (AvgIpc) is 2.38. The Labute approximate surface area is 105 Å². The number of hydrogen-bond acceptors (Lipinski definition) is 4. The van der Waals surface area contributed by atoms with Gasteiger partial charge in [0.25, 0.3) is 5.69 Å². The lowest BCUT2D eigenvalue weighted by molar-refractivity contribution is -0.880. The highest BCUT2D eigenvalue weighted by molar-refractivity contribution is 5.84. The molecule has 1 saturated heterocycles. The second-order valence-electron chi connectivity index (χ2n) is 4.46. The van der Waals surface area contributed by atoms with Gasteiger partial charge in [-0.3, -0.25) is 10.1 Å². The summed E-state index contributed by atoms with van der Waals surface area (Å²) in [4.78, 5) is 16.8. The van der Waals surface area contributed by atoms with Crippen LogP contribution in [0.1, 0.15) is 12.8 Å². The Balaban J connectivity index is 1.93. The molecule has 1 aromatic carbocycles. The van der Waals surface area contributed by atoms with Crippen LogP contribution in [-0.2, 0) is 0 Å². The molecule has 0 spiro atoms. The van der Waals surface area contributed by atoms with E-state index in [1.54, 1.807) is 12.1 Å². The van der Waals surface area contributed by atoms with Crippen LogP contribution in [-0.4, -0.2) is 30.8 Å². The van der Waals surface area contributed by atoms with E-state index in [9.17, 15) is 10.1 Å². The van der Waals surface area contributed by atoms with Crippen molar-refractivity contribution in [3.05, 3.63) is 34.4 Å². The topological polar surface area (TPSA) is 69.2 Å². The number of rotatable bonds is 3. The second kappa shape index (κ2) is 5.59. The van der Waals surface area contributed by atoms with E-state index in [1.165, 1.54) is 17.0 Å². The summed E-state index contributed by atoms with van der Waals surface area (Å²) in [6, 6.07) is 5.94.